The summed E-state index contributed by atoms with van der Waals surface area (Å²) in [6.07, 6.45) is 1.59. The number of hydrogen-bond acceptors (Lipinski definition) is 7. The number of hydrogen-bond donors (Lipinski definition) is 1. The first-order valence-electron chi connectivity index (χ1n) is 10.5. The van der Waals surface area contributed by atoms with Gasteiger partial charge in [-0.1, -0.05) is 58.0 Å². The molecule has 3 aromatic carbocycles. The van der Waals surface area contributed by atoms with Crippen molar-refractivity contribution in [2.75, 3.05) is 20.0 Å². The fourth-order valence-electron chi connectivity index (χ4n) is 3.26. The van der Waals surface area contributed by atoms with Crippen molar-refractivity contribution >= 4 is 39.8 Å². The molecule has 35 heavy (non-hydrogen) atoms. The number of hydrazone groups is 1. The van der Waals surface area contributed by atoms with Gasteiger partial charge in [0.05, 0.1) is 26.2 Å². The third kappa shape index (κ3) is 6.09. The lowest BCUT2D eigenvalue weighted by atomic mass is 10.2. The van der Waals surface area contributed by atoms with Gasteiger partial charge in [-0.05, 0) is 48.0 Å². The first-order chi connectivity index (χ1) is 17.1. The van der Waals surface area contributed by atoms with Crippen molar-refractivity contribution in [3.05, 3.63) is 82.8 Å². The van der Waals surface area contributed by atoms with Crippen LogP contribution < -0.4 is 14.9 Å². The van der Waals surface area contributed by atoms with Crippen LogP contribution in [-0.4, -0.2) is 46.9 Å². The summed E-state index contributed by atoms with van der Waals surface area (Å²) < 4.78 is 13.6. The highest BCUT2D eigenvalue weighted by molar-refractivity contribution is 9.10. The molecule has 10 heteroatoms. The van der Waals surface area contributed by atoms with E-state index < -0.39 is 0 Å². The average molecular weight is 552 g/mol. The number of nitrogens with zero attached hydrogens (tertiary/aromatic N) is 4. The van der Waals surface area contributed by atoms with Gasteiger partial charge in [-0.25, -0.2) is 5.43 Å². The molecule has 0 saturated heterocycles. The van der Waals surface area contributed by atoms with Crippen molar-refractivity contribution in [3.63, 3.8) is 0 Å². The van der Waals surface area contributed by atoms with Crippen LogP contribution in [0.5, 0.6) is 11.5 Å². The minimum atomic E-state index is -0.253. The molecular formula is C25H22BrN5O3S. The molecule has 0 aliphatic carbocycles. The molecule has 1 N–H and O–H groups in total. The molecule has 178 valence electrons. The Bertz CT molecular complexity index is 1340. The Morgan fingerprint density at radius 1 is 1.03 bits per heavy atom. The van der Waals surface area contributed by atoms with Gasteiger partial charge in [0.25, 0.3) is 5.91 Å². The van der Waals surface area contributed by atoms with Gasteiger partial charge < -0.3 is 9.47 Å². The second-order valence-corrected chi connectivity index (χ2v) is 9.04. The lowest BCUT2D eigenvalue weighted by Crippen LogP contribution is -2.20. The molecule has 0 bridgehead atoms. The van der Waals surface area contributed by atoms with E-state index in [2.05, 4.69) is 36.7 Å². The van der Waals surface area contributed by atoms with Crippen molar-refractivity contribution in [1.29, 1.82) is 0 Å². The fraction of sp³-hybridized carbons (Fsp3) is 0.120. The smallest absolute Gasteiger partial charge is 0.250 e. The summed E-state index contributed by atoms with van der Waals surface area (Å²) >= 11 is 4.68. The molecule has 0 fully saturated rings. The van der Waals surface area contributed by atoms with Crippen molar-refractivity contribution in [3.8, 4) is 28.6 Å². The Balaban J connectivity index is 1.54. The van der Waals surface area contributed by atoms with Crippen LogP contribution >= 0.6 is 27.7 Å². The zero-order valence-corrected chi connectivity index (χ0v) is 21.4. The lowest BCUT2D eigenvalue weighted by Gasteiger charge is -2.12. The average Bonchev–Trinajstić information content (AvgIpc) is 3.31. The highest BCUT2D eigenvalue weighted by Gasteiger charge is 2.18. The van der Waals surface area contributed by atoms with Gasteiger partial charge in [0, 0.05) is 15.7 Å². The SMILES string of the molecule is COc1ccc(-c2nnc(SCC(=O)NN=Cc3cccc(Br)c3)n2-c2ccccc2)cc1OC. The van der Waals surface area contributed by atoms with Gasteiger partial charge in [-0.2, -0.15) is 5.10 Å². The number of halogens is 1. The van der Waals surface area contributed by atoms with Gasteiger partial charge in [-0.15, -0.1) is 10.2 Å². The van der Waals surface area contributed by atoms with Crippen LogP contribution in [0.2, 0.25) is 0 Å². The Hall–Kier alpha value is -3.63. The van der Waals surface area contributed by atoms with Crippen LogP contribution in [-0.2, 0) is 4.79 Å². The van der Waals surface area contributed by atoms with E-state index in [0.717, 1.165) is 21.3 Å². The van der Waals surface area contributed by atoms with Gasteiger partial charge >= 0.3 is 0 Å². The highest BCUT2D eigenvalue weighted by atomic mass is 79.9. The number of ether oxygens (including phenoxy) is 2. The fourth-order valence-corrected chi connectivity index (χ4v) is 4.42. The standard InChI is InChI=1S/C25H22BrN5O3S/c1-33-21-12-11-18(14-22(21)34-2)24-29-30-25(31(24)20-9-4-3-5-10-20)35-16-23(32)28-27-15-17-7-6-8-19(26)13-17/h3-15H,16H2,1-2H3,(H,28,32). The third-order valence-corrected chi connectivity index (χ3v) is 6.30. The number of methoxy groups -OCH3 is 2. The summed E-state index contributed by atoms with van der Waals surface area (Å²) in [5.41, 5.74) is 5.10. The second kappa shape index (κ2) is 11.7. The monoisotopic (exact) mass is 551 g/mol. The first kappa shape index (κ1) is 24.5. The van der Waals surface area contributed by atoms with Crippen LogP contribution in [0.25, 0.3) is 17.1 Å². The van der Waals surface area contributed by atoms with Gasteiger partial charge in [-0.3, -0.25) is 9.36 Å². The van der Waals surface area contributed by atoms with Gasteiger partial charge in [0.1, 0.15) is 0 Å². The Labute approximate surface area is 215 Å². The van der Waals surface area contributed by atoms with E-state index in [0.29, 0.717) is 22.5 Å². The van der Waals surface area contributed by atoms with Crippen LogP contribution in [0.3, 0.4) is 0 Å². The zero-order valence-electron chi connectivity index (χ0n) is 19.0. The van der Waals surface area contributed by atoms with E-state index >= 15 is 0 Å². The third-order valence-electron chi connectivity index (χ3n) is 4.87. The maximum absolute atomic E-state index is 12.4. The quantitative estimate of drug-likeness (QED) is 0.180. The van der Waals surface area contributed by atoms with Gasteiger partial charge in [0.2, 0.25) is 0 Å². The molecule has 8 nitrogen and oxygen atoms in total. The molecule has 0 aliphatic heterocycles. The molecule has 1 heterocycles. The number of carbonyl (C=O) groups is 1. The molecule has 0 spiro atoms. The normalized spacial score (nSPS) is 10.9. The molecule has 0 unspecified atom stereocenters. The number of carbonyl (C=O) groups excluding carboxylic acids is 1. The molecule has 0 saturated carbocycles. The van der Waals surface area contributed by atoms with Crippen LogP contribution in [0, 0.1) is 0 Å². The molecule has 0 atom stereocenters. The van der Waals surface area contributed by atoms with Crippen LogP contribution in [0.4, 0.5) is 0 Å². The molecule has 4 aromatic rings. The predicted molar refractivity (Wildman–Crippen MR) is 141 cm³/mol. The summed E-state index contributed by atoms with van der Waals surface area (Å²) in [5.74, 6) is 1.69. The number of amides is 1. The number of benzene rings is 3. The summed E-state index contributed by atoms with van der Waals surface area (Å²) in [5, 5.41) is 13.4. The van der Waals surface area contributed by atoms with Crippen molar-refractivity contribution < 1.29 is 14.3 Å². The lowest BCUT2D eigenvalue weighted by molar-refractivity contribution is -0.118. The Morgan fingerprint density at radius 2 is 1.83 bits per heavy atom. The molecule has 1 aromatic heterocycles. The largest absolute Gasteiger partial charge is 0.493 e. The maximum atomic E-state index is 12.4. The predicted octanol–water partition coefficient (Wildman–Crippen LogP) is 4.96. The van der Waals surface area contributed by atoms with E-state index in [1.807, 2.05) is 77.4 Å². The Kier molecular flexibility index (Phi) is 8.17. The van der Waals surface area contributed by atoms with E-state index in [1.54, 1.807) is 20.4 Å². The topological polar surface area (TPSA) is 90.6 Å². The second-order valence-electron chi connectivity index (χ2n) is 7.18. The van der Waals surface area contributed by atoms with Gasteiger partial charge in [0.15, 0.2) is 22.5 Å². The molecular weight excluding hydrogens is 530 g/mol. The minimum absolute atomic E-state index is 0.118. The van der Waals surface area contributed by atoms with Crippen LogP contribution in [0.1, 0.15) is 5.56 Å². The summed E-state index contributed by atoms with van der Waals surface area (Å²) in [6.45, 7) is 0. The summed E-state index contributed by atoms with van der Waals surface area (Å²) in [4.78, 5) is 12.4. The molecule has 4 rings (SSSR count). The maximum Gasteiger partial charge on any atom is 0.250 e. The number of para-hydroxylation sites is 1. The molecule has 0 aliphatic rings. The number of thioether (sulfide) groups is 1. The van der Waals surface area contributed by atoms with E-state index in [9.17, 15) is 4.79 Å². The van der Waals surface area contributed by atoms with Crippen LogP contribution in [0.15, 0.2) is 87.5 Å². The molecule has 1 amide bonds. The van der Waals surface area contributed by atoms with Crippen molar-refractivity contribution in [1.82, 2.24) is 20.2 Å². The van der Waals surface area contributed by atoms with Crippen molar-refractivity contribution in [2.45, 2.75) is 5.16 Å². The zero-order chi connectivity index (χ0) is 24.6. The first-order valence-corrected chi connectivity index (χ1v) is 12.3. The summed E-state index contributed by atoms with van der Waals surface area (Å²) in [6, 6.07) is 22.9. The Morgan fingerprint density at radius 3 is 2.57 bits per heavy atom. The number of nitrogens with one attached hydrogen (secondary N) is 1. The highest BCUT2D eigenvalue weighted by Crippen LogP contribution is 2.34. The van der Waals surface area contributed by atoms with E-state index in [1.165, 1.54) is 11.8 Å². The molecule has 0 radical (unpaired) electrons. The minimum Gasteiger partial charge on any atom is -0.493 e. The number of aromatic nitrogens is 3. The number of rotatable bonds is 9. The van der Waals surface area contributed by atoms with E-state index in [4.69, 9.17) is 9.47 Å². The van der Waals surface area contributed by atoms with E-state index in [-0.39, 0.29) is 11.7 Å². The van der Waals surface area contributed by atoms with Crippen molar-refractivity contribution in [2.24, 2.45) is 5.10 Å². The summed E-state index contributed by atoms with van der Waals surface area (Å²) in [7, 11) is 3.18.